The van der Waals surface area contributed by atoms with Crippen LogP contribution in [0.5, 0.6) is 0 Å². The first-order valence-corrected chi connectivity index (χ1v) is 2.47. The van der Waals surface area contributed by atoms with Gasteiger partial charge in [0.15, 0.2) is 0 Å². The summed E-state index contributed by atoms with van der Waals surface area (Å²) in [6.07, 6.45) is 1.98. The fourth-order valence-electron chi connectivity index (χ4n) is 0.333. The third-order valence-electron chi connectivity index (χ3n) is 0.744. The lowest BCUT2D eigenvalue weighted by atomic mass is 10.1. The summed E-state index contributed by atoms with van der Waals surface area (Å²) in [5, 5.41) is 0. The van der Waals surface area contributed by atoms with Gasteiger partial charge in [-0.05, 0) is 19.3 Å². The van der Waals surface area contributed by atoms with E-state index in [1.807, 2.05) is 0 Å². The van der Waals surface area contributed by atoms with E-state index in [0.29, 0.717) is 0 Å². The molecule has 0 unspecified atom stereocenters. The highest BCUT2D eigenvalue weighted by atomic mass is 13.9. The van der Waals surface area contributed by atoms with Gasteiger partial charge in [0.1, 0.15) is 0 Å². The zero-order valence-corrected chi connectivity index (χ0v) is 4.57. The molecule has 0 aliphatic heterocycles. The average Bonchev–Trinajstić information content (AvgIpc) is 1.35. The van der Waals surface area contributed by atoms with Crippen LogP contribution in [0.4, 0.5) is 0 Å². The van der Waals surface area contributed by atoms with Crippen molar-refractivity contribution < 1.29 is 0 Å². The van der Waals surface area contributed by atoms with Gasteiger partial charge >= 0.3 is 0 Å². The van der Waals surface area contributed by atoms with E-state index in [1.54, 1.807) is 0 Å². The molecule has 0 aliphatic carbocycles. The zero-order chi connectivity index (χ0) is 4.99. The van der Waals surface area contributed by atoms with Crippen molar-refractivity contribution in [2.75, 3.05) is 0 Å². The normalized spacial score (nSPS) is 10.0. The molecule has 0 aromatic heterocycles. The highest BCUT2D eigenvalue weighted by Gasteiger charge is 1.85. The maximum Gasteiger partial charge on any atom is -0.0352 e. The maximum atomic E-state index is 5.23. The van der Waals surface area contributed by atoms with Crippen molar-refractivity contribution >= 4 is 0 Å². The second-order valence-corrected chi connectivity index (χ2v) is 1.97. The van der Waals surface area contributed by atoms with Crippen LogP contribution in [-0.4, -0.2) is 0 Å². The standard InChI is InChI=1S/C6H12/c1-4-5-6(2)3/h1,6H,4-5H2,2-3H3. The van der Waals surface area contributed by atoms with Crippen molar-refractivity contribution in [1.82, 2.24) is 0 Å². The van der Waals surface area contributed by atoms with E-state index >= 15 is 0 Å². The SMILES string of the molecule is [CH]CCC(C)C. The van der Waals surface area contributed by atoms with E-state index in [0.717, 1.165) is 18.8 Å². The summed E-state index contributed by atoms with van der Waals surface area (Å²) in [7, 11) is 0. The molecule has 0 heteroatoms. The first-order valence-electron chi connectivity index (χ1n) is 2.47. The molecule has 0 aliphatic rings. The van der Waals surface area contributed by atoms with E-state index in [4.69, 9.17) is 6.92 Å². The summed E-state index contributed by atoms with van der Waals surface area (Å²) in [4.78, 5) is 0. The molecule has 0 aromatic rings. The minimum atomic E-state index is 0.773. The van der Waals surface area contributed by atoms with E-state index in [2.05, 4.69) is 13.8 Å². The molecule has 0 atom stereocenters. The van der Waals surface area contributed by atoms with Crippen LogP contribution < -0.4 is 0 Å². The molecule has 0 rings (SSSR count). The predicted octanol–water partition coefficient (Wildman–Crippen LogP) is 2.13. The first kappa shape index (κ1) is 6.00. The van der Waals surface area contributed by atoms with Gasteiger partial charge in [0.05, 0.1) is 0 Å². The van der Waals surface area contributed by atoms with Crippen molar-refractivity contribution in [3.05, 3.63) is 6.92 Å². The Balaban J connectivity index is 2.63. The molecule has 0 nitrogen and oxygen atoms in total. The molecule has 0 saturated carbocycles. The van der Waals surface area contributed by atoms with E-state index in [1.165, 1.54) is 0 Å². The Morgan fingerprint density at radius 2 is 2.00 bits per heavy atom. The summed E-state index contributed by atoms with van der Waals surface area (Å²) in [5.41, 5.74) is 0. The molecule has 0 aromatic carbocycles. The smallest absolute Gasteiger partial charge is 0.0352 e. The number of hydrogen-bond donors (Lipinski definition) is 0. The van der Waals surface area contributed by atoms with Gasteiger partial charge in [0.25, 0.3) is 0 Å². The maximum absolute atomic E-state index is 5.23. The van der Waals surface area contributed by atoms with Gasteiger partial charge in [-0.2, -0.15) is 0 Å². The predicted molar refractivity (Wildman–Crippen MR) is 28.4 cm³/mol. The van der Waals surface area contributed by atoms with Gasteiger partial charge in [0, 0.05) is 0 Å². The fraction of sp³-hybridized carbons (Fsp3) is 0.833. The summed E-state index contributed by atoms with van der Waals surface area (Å²) in [5.74, 6) is 0.773. The second kappa shape index (κ2) is 3.20. The van der Waals surface area contributed by atoms with E-state index in [9.17, 15) is 0 Å². The lowest BCUT2D eigenvalue weighted by Crippen LogP contribution is -1.81. The van der Waals surface area contributed by atoms with E-state index in [-0.39, 0.29) is 0 Å². The first-order chi connectivity index (χ1) is 2.77. The fourth-order valence-corrected chi connectivity index (χ4v) is 0.333. The molecular formula is C6H12. The van der Waals surface area contributed by atoms with Gasteiger partial charge < -0.3 is 0 Å². The molecule has 0 bridgehead atoms. The van der Waals surface area contributed by atoms with Crippen molar-refractivity contribution in [2.45, 2.75) is 26.7 Å². The second-order valence-electron chi connectivity index (χ2n) is 1.97. The Kier molecular flexibility index (Phi) is 3.20. The Labute approximate surface area is 40.6 Å². The summed E-state index contributed by atoms with van der Waals surface area (Å²) >= 11 is 0. The summed E-state index contributed by atoms with van der Waals surface area (Å²) in [6, 6.07) is 0. The molecule has 0 amide bonds. The highest BCUT2D eigenvalue weighted by molar-refractivity contribution is 4.44. The Hall–Kier alpha value is 0. The Morgan fingerprint density at radius 1 is 1.50 bits per heavy atom. The molecule has 0 N–H and O–H groups in total. The molecule has 0 spiro atoms. The zero-order valence-electron chi connectivity index (χ0n) is 4.57. The van der Waals surface area contributed by atoms with Crippen molar-refractivity contribution in [3.63, 3.8) is 0 Å². The third-order valence-corrected chi connectivity index (χ3v) is 0.744. The largest absolute Gasteiger partial charge is 0.0628 e. The van der Waals surface area contributed by atoms with Crippen molar-refractivity contribution in [3.8, 4) is 0 Å². The van der Waals surface area contributed by atoms with Crippen LogP contribution in [0.3, 0.4) is 0 Å². The van der Waals surface area contributed by atoms with Crippen LogP contribution >= 0.6 is 0 Å². The van der Waals surface area contributed by atoms with Crippen LogP contribution in [0, 0.1) is 12.8 Å². The molecule has 0 heterocycles. The quantitative estimate of drug-likeness (QED) is 0.481. The Bertz CT molecular complexity index is 21.2. The lowest BCUT2D eigenvalue weighted by molar-refractivity contribution is 0.593. The minimum absolute atomic E-state index is 0.773. The molecular weight excluding hydrogens is 72.1 g/mol. The average molecular weight is 84.2 g/mol. The van der Waals surface area contributed by atoms with Crippen LogP contribution in [0.2, 0.25) is 0 Å². The molecule has 36 valence electrons. The highest BCUT2D eigenvalue weighted by Crippen LogP contribution is 2.00. The van der Waals surface area contributed by atoms with Crippen LogP contribution in [0.15, 0.2) is 0 Å². The van der Waals surface area contributed by atoms with Crippen LogP contribution in [0.25, 0.3) is 0 Å². The van der Waals surface area contributed by atoms with Crippen molar-refractivity contribution in [1.29, 1.82) is 0 Å². The van der Waals surface area contributed by atoms with Gasteiger partial charge in [-0.1, -0.05) is 20.3 Å². The topological polar surface area (TPSA) is 0 Å². The van der Waals surface area contributed by atoms with Crippen LogP contribution in [0.1, 0.15) is 26.7 Å². The summed E-state index contributed by atoms with van der Waals surface area (Å²) < 4.78 is 0. The number of hydrogen-bond acceptors (Lipinski definition) is 0. The van der Waals surface area contributed by atoms with Gasteiger partial charge in [0.2, 0.25) is 0 Å². The molecule has 0 fully saturated rings. The summed E-state index contributed by atoms with van der Waals surface area (Å²) in [6.45, 7) is 9.58. The molecule has 6 heavy (non-hydrogen) atoms. The van der Waals surface area contributed by atoms with Gasteiger partial charge in [-0.15, -0.1) is 0 Å². The van der Waals surface area contributed by atoms with Crippen LogP contribution in [-0.2, 0) is 0 Å². The van der Waals surface area contributed by atoms with Gasteiger partial charge in [-0.3, -0.25) is 0 Å². The monoisotopic (exact) mass is 84.1 g/mol. The number of rotatable bonds is 2. The lowest BCUT2D eigenvalue weighted by Gasteiger charge is -1.95. The minimum Gasteiger partial charge on any atom is -0.0628 e. The van der Waals surface area contributed by atoms with Crippen molar-refractivity contribution in [2.24, 2.45) is 5.92 Å². The third kappa shape index (κ3) is 4.00. The Morgan fingerprint density at radius 3 is 2.00 bits per heavy atom. The van der Waals surface area contributed by atoms with Gasteiger partial charge in [-0.25, -0.2) is 0 Å². The van der Waals surface area contributed by atoms with E-state index < -0.39 is 0 Å². The molecule has 2 radical (unpaired) electrons. The molecule has 0 saturated heterocycles.